The Kier molecular flexibility index (Phi) is 3.01. The van der Waals surface area contributed by atoms with Crippen molar-refractivity contribution in [2.45, 2.75) is 31.0 Å². The van der Waals surface area contributed by atoms with E-state index in [1.54, 1.807) is 24.3 Å². The van der Waals surface area contributed by atoms with Crippen LogP contribution in [0.1, 0.15) is 12.5 Å². The van der Waals surface area contributed by atoms with Gasteiger partial charge < -0.3 is 4.74 Å². The fourth-order valence-electron chi connectivity index (χ4n) is 1.44. The first kappa shape index (κ1) is 11.6. The summed E-state index contributed by atoms with van der Waals surface area (Å²) < 4.78 is 31.3. The fourth-order valence-corrected chi connectivity index (χ4v) is 2.48. The van der Waals surface area contributed by atoms with Crippen molar-refractivity contribution in [1.82, 2.24) is 4.72 Å². The average molecular weight is 241 g/mol. The second kappa shape index (κ2) is 4.16. The van der Waals surface area contributed by atoms with Crippen LogP contribution in [0.2, 0.25) is 0 Å². The number of rotatable bonds is 4. The maximum Gasteiger partial charge on any atom is 0.240 e. The van der Waals surface area contributed by atoms with E-state index >= 15 is 0 Å². The summed E-state index contributed by atoms with van der Waals surface area (Å²) in [7, 11) is -3.39. The van der Waals surface area contributed by atoms with Crippen LogP contribution in [0.4, 0.5) is 0 Å². The lowest BCUT2D eigenvalue weighted by atomic mass is 10.2. The highest BCUT2D eigenvalue weighted by Gasteiger charge is 2.34. The zero-order valence-electron chi connectivity index (χ0n) is 9.30. The van der Waals surface area contributed by atoms with Crippen LogP contribution < -0.4 is 4.72 Å². The summed E-state index contributed by atoms with van der Waals surface area (Å²) in [5, 5.41) is 0. The SMILES string of the molecule is Cc1ccc(S(=O)(=O)NCC2OC2C)cc1. The fraction of sp³-hybridized carbons (Fsp3) is 0.455. The summed E-state index contributed by atoms with van der Waals surface area (Å²) >= 11 is 0. The van der Waals surface area contributed by atoms with E-state index in [1.807, 2.05) is 13.8 Å². The van der Waals surface area contributed by atoms with Crippen molar-refractivity contribution in [3.63, 3.8) is 0 Å². The molecule has 88 valence electrons. The molecule has 1 aliphatic heterocycles. The molecule has 1 N–H and O–H groups in total. The zero-order valence-corrected chi connectivity index (χ0v) is 10.1. The zero-order chi connectivity index (χ0) is 11.8. The van der Waals surface area contributed by atoms with Crippen molar-refractivity contribution in [1.29, 1.82) is 0 Å². The van der Waals surface area contributed by atoms with E-state index in [0.29, 0.717) is 11.4 Å². The number of aryl methyl sites for hydroxylation is 1. The topological polar surface area (TPSA) is 58.7 Å². The number of epoxide rings is 1. The predicted octanol–water partition coefficient (Wildman–Crippen LogP) is 1.06. The molecule has 2 atom stereocenters. The number of hydrogen-bond donors (Lipinski definition) is 1. The predicted molar refractivity (Wildman–Crippen MR) is 60.7 cm³/mol. The molecule has 16 heavy (non-hydrogen) atoms. The molecule has 1 aromatic carbocycles. The Morgan fingerprint density at radius 3 is 2.38 bits per heavy atom. The van der Waals surface area contributed by atoms with Crippen molar-refractivity contribution in [3.8, 4) is 0 Å². The van der Waals surface area contributed by atoms with Crippen molar-refractivity contribution in [2.75, 3.05) is 6.54 Å². The van der Waals surface area contributed by atoms with E-state index in [-0.39, 0.29) is 12.2 Å². The average Bonchev–Trinajstić information content (AvgIpc) is 2.93. The molecule has 2 rings (SSSR count). The lowest BCUT2D eigenvalue weighted by Crippen LogP contribution is -2.28. The molecule has 1 aliphatic rings. The van der Waals surface area contributed by atoms with Gasteiger partial charge in [-0.25, -0.2) is 13.1 Å². The third-order valence-corrected chi connectivity index (χ3v) is 4.08. The van der Waals surface area contributed by atoms with E-state index in [1.165, 1.54) is 0 Å². The second-order valence-electron chi connectivity index (χ2n) is 4.04. The standard InChI is InChI=1S/C11H15NO3S/c1-8-3-5-10(6-4-8)16(13,14)12-7-11-9(2)15-11/h3-6,9,11-12H,7H2,1-2H3. The maximum atomic E-state index is 11.8. The molecule has 0 saturated carbocycles. The van der Waals surface area contributed by atoms with Crippen LogP contribution in [0.3, 0.4) is 0 Å². The highest BCUT2D eigenvalue weighted by Crippen LogP contribution is 2.20. The third kappa shape index (κ3) is 2.61. The van der Waals surface area contributed by atoms with Gasteiger partial charge in [0, 0.05) is 6.54 Å². The molecular weight excluding hydrogens is 226 g/mol. The number of nitrogens with one attached hydrogen (secondary N) is 1. The number of benzene rings is 1. The third-order valence-electron chi connectivity index (χ3n) is 2.64. The van der Waals surface area contributed by atoms with Crippen LogP contribution in [0.25, 0.3) is 0 Å². The van der Waals surface area contributed by atoms with Crippen molar-refractivity contribution < 1.29 is 13.2 Å². The summed E-state index contributed by atoms with van der Waals surface area (Å²) in [5.41, 5.74) is 1.04. The molecule has 0 bridgehead atoms. The Labute approximate surface area is 95.7 Å². The van der Waals surface area contributed by atoms with Crippen LogP contribution in [-0.4, -0.2) is 27.2 Å². The molecule has 0 amide bonds. The Balaban J connectivity index is 2.03. The van der Waals surface area contributed by atoms with Gasteiger partial charge in [0.1, 0.15) is 0 Å². The lowest BCUT2D eigenvalue weighted by Gasteiger charge is -2.05. The Morgan fingerprint density at radius 1 is 1.31 bits per heavy atom. The normalized spacial score (nSPS) is 24.4. The van der Waals surface area contributed by atoms with Crippen LogP contribution >= 0.6 is 0 Å². The van der Waals surface area contributed by atoms with E-state index in [0.717, 1.165) is 5.56 Å². The molecule has 1 aromatic rings. The molecule has 0 spiro atoms. The second-order valence-corrected chi connectivity index (χ2v) is 5.81. The minimum absolute atomic E-state index is 0.0280. The quantitative estimate of drug-likeness (QED) is 0.802. The molecule has 0 aliphatic carbocycles. The Hall–Kier alpha value is -0.910. The molecule has 0 radical (unpaired) electrons. The smallest absolute Gasteiger partial charge is 0.240 e. The van der Waals surface area contributed by atoms with Gasteiger partial charge >= 0.3 is 0 Å². The Morgan fingerprint density at radius 2 is 1.88 bits per heavy atom. The largest absolute Gasteiger partial charge is 0.368 e. The van der Waals surface area contributed by atoms with E-state index in [4.69, 9.17) is 4.74 Å². The maximum absolute atomic E-state index is 11.8. The summed E-state index contributed by atoms with van der Waals surface area (Å²) in [5.74, 6) is 0. The molecule has 5 heteroatoms. The molecule has 4 nitrogen and oxygen atoms in total. The van der Waals surface area contributed by atoms with E-state index < -0.39 is 10.0 Å². The van der Waals surface area contributed by atoms with Crippen molar-refractivity contribution in [3.05, 3.63) is 29.8 Å². The summed E-state index contributed by atoms with van der Waals surface area (Å²) in [6.45, 7) is 4.19. The molecule has 0 aromatic heterocycles. The van der Waals surface area contributed by atoms with Gasteiger partial charge in [0.15, 0.2) is 0 Å². The van der Waals surface area contributed by atoms with E-state index in [9.17, 15) is 8.42 Å². The van der Waals surface area contributed by atoms with Gasteiger partial charge in [0.05, 0.1) is 17.1 Å². The van der Waals surface area contributed by atoms with Gasteiger partial charge in [-0.1, -0.05) is 17.7 Å². The van der Waals surface area contributed by atoms with Gasteiger partial charge in [0.25, 0.3) is 0 Å². The van der Waals surface area contributed by atoms with Crippen LogP contribution in [0.15, 0.2) is 29.2 Å². The first-order chi connectivity index (χ1) is 7.49. The lowest BCUT2D eigenvalue weighted by molar-refractivity contribution is 0.377. The van der Waals surface area contributed by atoms with Crippen LogP contribution in [0, 0.1) is 6.92 Å². The Bertz CT molecular complexity index is 467. The summed E-state index contributed by atoms with van der Waals surface area (Å²) in [6.07, 6.45) is 0.195. The molecule has 2 unspecified atom stereocenters. The number of hydrogen-bond acceptors (Lipinski definition) is 3. The highest BCUT2D eigenvalue weighted by molar-refractivity contribution is 7.89. The minimum Gasteiger partial charge on any atom is -0.368 e. The van der Waals surface area contributed by atoms with E-state index in [2.05, 4.69) is 4.72 Å². The van der Waals surface area contributed by atoms with Gasteiger partial charge in [-0.2, -0.15) is 0 Å². The van der Waals surface area contributed by atoms with Gasteiger partial charge in [-0.05, 0) is 26.0 Å². The first-order valence-electron chi connectivity index (χ1n) is 5.21. The summed E-state index contributed by atoms with van der Waals surface area (Å²) in [6, 6.07) is 6.78. The van der Waals surface area contributed by atoms with Crippen molar-refractivity contribution >= 4 is 10.0 Å². The van der Waals surface area contributed by atoms with Gasteiger partial charge in [0.2, 0.25) is 10.0 Å². The van der Waals surface area contributed by atoms with Crippen molar-refractivity contribution in [2.24, 2.45) is 0 Å². The van der Waals surface area contributed by atoms with Crippen LogP contribution in [-0.2, 0) is 14.8 Å². The van der Waals surface area contributed by atoms with Gasteiger partial charge in [-0.3, -0.25) is 0 Å². The van der Waals surface area contributed by atoms with Gasteiger partial charge in [-0.15, -0.1) is 0 Å². The highest BCUT2D eigenvalue weighted by atomic mass is 32.2. The van der Waals surface area contributed by atoms with Crippen LogP contribution in [0.5, 0.6) is 0 Å². The molecule has 1 fully saturated rings. The monoisotopic (exact) mass is 241 g/mol. The molecular formula is C11H15NO3S. The number of sulfonamides is 1. The molecule has 1 saturated heterocycles. The summed E-state index contributed by atoms with van der Waals surface area (Å²) in [4.78, 5) is 0.298. The first-order valence-corrected chi connectivity index (χ1v) is 6.69. The molecule has 1 heterocycles. The minimum atomic E-state index is -3.39. The number of ether oxygens (including phenoxy) is 1.